The largest absolute Gasteiger partial charge is 0.479 e. The fraction of sp³-hybridized carbons (Fsp3) is 0.167. The van der Waals surface area contributed by atoms with E-state index < -0.39 is 29.9 Å². The van der Waals surface area contributed by atoms with Crippen LogP contribution in [0.15, 0.2) is 78.9 Å². The molecule has 30 heavy (non-hydrogen) atoms. The highest BCUT2D eigenvalue weighted by molar-refractivity contribution is 5.98. The van der Waals surface area contributed by atoms with Crippen LogP contribution in [0.3, 0.4) is 0 Å². The number of anilines is 1. The van der Waals surface area contributed by atoms with Gasteiger partial charge < -0.3 is 14.8 Å². The molecular weight excluding hydrogens is 385 g/mol. The zero-order valence-electron chi connectivity index (χ0n) is 16.7. The molecule has 1 amide bonds. The van der Waals surface area contributed by atoms with Crippen molar-refractivity contribution in [3.8, 4) is 16.9 Å². The Morgan fingerprint density at radius 1 is 0.833 bits per heavy atom. The number of hydrogen-bond acceptors (Lipinski definition) is 4. The first-order valence-electron chi connectivity index (χ1n) is 9.52. The van der Waals surface area contributed by atoms with Crippen molar-refractivity contribution >= 4 is 17.6 Å². The summed E-state index contributed by atoms with van der Waals surface area (Å²) in [6.07, 6.45) is -1.98. The second-order valence-corrected chi connectivity index (χ2v) is 6.69. The van der Waals surface area contributed by atoms with Crippen LogP contribution in [-0.4, -0.2) is 24.1 Å². The molecular formula is C24H22FNO4. The Morgan fingerprint density at radius 3 is 2.17 bits per heavy atom. The molecule has 0 radical (unpaired) electrons. The van der Waals surface area contributed by atoms with Gasteiger partial charge in [-0.15, -0.1) is 0 Å². The summed E-state index contributed by atoms with van der Waals surface area (Å²) in [6.45, 7) is 2.99. The van der Waals surface area contributed by atoms with Crippen LogP contribution in [0.1, 0.15) is 13.8 Å². The van der Waals surface area contributed by atoms with E-state index in [0.717, 1.165) is 11.1 Å². The minimum absolute atomic E-state index is 0.328. The topological polar surface area (TPSA) is 64.6 Å². The standard InChI is InChI=1S/C24H22FNO4/c1-16(30-24(28)17(2)29-20-14-12-19(25)13-15-20)23(27)26-22-11-7-6-10-21(22)18-8-4-3-5-9-18/h3-17H,1-2H3,(H,26,27)/t16-,17+/m0/s1. The fourth-order valence-electron chi connectivity index (χ4n) is 2.78. The molecule has 0 aliphatic carbocycles. The fourth-order valence-corrected chi connectivity index (χ4v) is 2.78. The predicted molar refractivity (Wildman–Crippen MR) is 113 cm³/mol. The van der Waals surface area contributed by atoms with Crippen molar-refractivity contribution in [3.05, 3.63) is 84.7 Å². The van der Waals surface area contributed by atoms with E-state index in [1.807, 2.05) is 48.5 Å². The zero-order valence-corrected chi connectivity index (χ0v) is 16.7. The van der Waals surface area contributed by atoms with Gasteiger partial charge in [0.05, 0.1) is 0 Å². The summed E-state index contributed by atoms with van der Waals surface area (Å²) in [5.41, 5.74) is 2.43. The number of benzene rings is 3. The number of nitrogens with one attached hydrogen (secondary N) is 1. The molecule has 0 saturated heterocycles. The third-order valence-corrected chi connectivity index (χ3v) is 4.39. The quantitative estimate of drug-likeness (QED) is 0.570. The number of ether oxygens (including phenoxy) is 2. The zero-order chi connectivity index (χ0) is 21.5. The van der Waals surface area contributed by atoms with Gasteiger partial charge in [-0.3, -0.25) is 4.79 Å². The monoisotopic (exact) mass is 407 g/mol. The van der Waals surface area contributed by atoms with Crippen LogP contribution in [0.2, 0.25) is 0 Å². The molecule has 0 bridgehead atoms. The summed E-state index contributed by atoms with van der Waals surface area (Å²) >= 11 is 0. The summed E-state index contributed by atoms with van der Waals surface area (Å²) in [5, 5.41) is 2.81. The maximum Gasteiger partial charge on any atom is 0.347 e. The smallest absolute Gasteiger partial charge is 0.347 e. The van der Waals surface area contributed by atoms with Crippen LogP contribution >= 0.6 is 0 Å². The van der Waals surface area contributed by atoms with Crippen LogP contribution in [0, 0.1) is 5.82 Å². The SMILES string of the molecule is C[C@H](OC(=O)[C@@H](C)Oc1ccc(F)cc1)C(=O)Nc1ccccc1-c1ccccc1. The first kappa shape index (κ1) is 21.0. The second kappa shape index (κ2) is 9.69. The van der Waals surface area contributed by atoms with E-state index >= 15 is 0 Å². The number of rotatable bonds is 7. The molecule has 3 aromatic rings. The van der Waals surface area contributed by atoms with Crippen molar-refractivity contribution in [2.75, 3.05) is 5.32 Å². The number of para-hydroxylation sites is 1. The van der Waals surface area contributed by atoms with E-state index in [4.69, 9.17) is 9.47 Å². The molecule has 0 aliphatic heterocycles. The lowest BCUT2D eigenvalue weighted by Gasteiger charge is -2.18. The Hall–Kier alpha value is -3.67. The highest BCUT2D eigenvalue weighted by Gasteiger charge is 2.24. The van der Waals surface area contributed by atoms with E-state index in [-0.39, 0.29) is 0 Å². The van der Waals surface area contributed by atoms with Gasteiger partial charge in [0.1, 0.15) is 11.6 Å². The highest BCUT2D eigenvalue weighted by Crippen LogP contribution is 2.27. The van der Waals surface area contributed by atoms with Gasteiger partial charge in [-0.25, -0.2) is 9.18 Å². The number of carbonyl (C=O) groups excluding carboxylic acids is 2. The molecule has 2 atom stereocenters. The number of halogens is 1. The molecule has 154 valence electrons. The van der Waals surface area contributed by atoms with E-state index in [1.54, 1.807) is 6.07 Å². The summed E-state index contributed by atoms with van der Waals surface area (Å²) < 4.78 is 23.6. The molecule has 0 fully saturated rings. The summed E-state index contributed by atoms with van der Waals surface area (Å²) in [6, 6.07) is 22.3. The van der Waals surface area contributed by atoms with Crippen LogP contribution in [-0.2, 0) is 14.3 Å². The molecule has 0 saturated carbocycles. The Morgan fingerprint density at radius 2 is 1.47 bits per heavy atom. The average Bonchev–Trinajstić information content (AvgIpc) is 2.76. The van der Waals surface area contributed by atoms with Crippen LogP contribution in [0.5, 0.6) is 5.75 Å². The van der Waals surface area contributed by atoms with Crippen molar-refractivity contribution in [3.63, 3.8) is 0 Å². The second-order valence-electron chi connectivity index (χ2n) is 6.69. The lowest BCUT2D eigenvalue weighted by atomic mass is 10.0. The molecule has 5 nitrogen and oxygen atoms in total. The van der Waals surface area contributed by atoms with Crippen LogP contribution in [0.4, 0.5) is 10.1 Å². The Balaban J connectivity index is 1.61. The van der Waals surface area contributed by atoms with E-state index in [0.29, 0.717) is 11.4 Å². The number of carbonyl (C=O) groups is 2. The number of amides is 1. The molecule has 3 rings (SSSR count). The molecule has 0 aromatic heterocycles. The van der Waals surface area contributed by atoms with Gasteiger partial charge in [-0.2, -0.15) is 0 Å². The van der Waals surface area contributed by atoms with Gasteiger partial charge in [0, 0.05) is 11.3 Å². The van der Waals surface area contributed by atoms with Gasteiger partial charge >= 0.3 is 5.97 Å². The highest BCUT2D eigenvalue weighted by atomic mass is 19.1. The molecule has 0 unspecified atom stereocenters. The maximum atomic E-state index is 13.0. The van der Waals surface area contributed by atoms with Crippen LogP contribution in [0.25, 0.3) is 11.1 Å². The molecule has 0 heterocycles. The molecule has 0 aliphatic rings. The van der Waals surface area contributed by atoms with Crippen LogP contribution < -0.4 is 10.1 Å². The van der Waals surface area contributed by atoms with Crippen molar-refractivity contribution in [2.45, 2.75) is 26.1 Å². The number of hydrogen-bond donors (Lipinski definition) is 1. The third-order valence-electron chi connectivity index (χ3n) is 4.39. The van der Waals surface area contributed by atoms with Crippen molar-refractivity contribution < 1.29 is 23.5 Å². The Labute approximate surface area is 174 Å². The minimum atomic E-state index is -1.03. The van der Waals surface area contributed by atoms with E-state index in [2.05, 4.69) is 5.32 Å². The van der Waals surface area contributed by atoms with Gasteiger partial charge in [-0.1, -0.05) is 48.5 Å². The minimum Gasteiger partial charge on any atom is -0.479 e. The van der Waals surface area contributed by atoms with Gasteiger partial charge in [-0.05, 0) is 49.7 Å². The average molecular weight is 407 g/mol. The molecule has 6 heteroatoms. The normalized spacial score (nSPS) is 12.5. The molecule has 0 spiro atoms. The van der Waals surface area contributed by atoms with Crippen molar-refractivity contribution in [2.24, 2.45) is 0 Å². The predicted octanol–water partition coefficient (Wildman–Crippen LogP) is 4.83. The Bertz CT molecular complexity index is 1010. The Kier molecular flexibility index (Phi) is 6.80. The first-order valence-corrected chi connectivity index (χ1v) is 9.52. The van der Waals surface area contributed by atoms with E-state index in [9.17, 15) is 14.0 Å². The number of esters is 1. The van der Waals surface area contributed by atoms with Crippen molar-refractivity contribution in [1.82, 2.24) is 0 Å². The third kappa shape index (κ3) is 5.44. The summed E-state index contributed by atoms with van der Waals surface area (Å²) in [7, 11) is 0. The van der Waals surface area contributed by atoms with Crippen molar-refractivity contribution in [1.29, 1.82) is 0 Å². The lowest BCUT2D eigenvalue weighted by Crippen LogP contribution is -2.35. The van der Waals surface area contributed by atoms with Gasteiger partial charge in [0.25, 0.3) is 5.91 Å². The molecule has 1 N–H and O–H groups in total. The van der Waals surface area contributed by atoms with Gasteiger partial charge in [0.2, 0.25) is 0 Å². The lowest BCUT2D eigenvalue weighted by molar-refractivity contribution is -0.159. The summed E-state index contributed by atoms with van der Waals surface area (Å²) in [5.74, 6) is -1.23. The summed E-state index contributed by atoms with van der Waals surface area (Å²) in [4.78, 5) is 24.8. The van der Waals surface area contributed by atoms with Gasteiger partial charge in [0.15, 0.2) is 12.2 Å². The maximum absolute atomic E-state index is 13.0. The first-order chi connectivity index (χ1) is 14.4. The molecule has 3 aromatic carbocycles. The van der Waals surface area contributed by atoms with E-state index in [1.165, 1.54) is 38.1 Å².